The van der Waals surface area contributed by atoms with Gasteiger partial charge >= 0.3 is 0 Å². The van der Waals surface area contributed by atoms with Crippen molar-refractivity contribution >= 4 is 27.3 Å². The number of nitrogens with one attached hydrogen (secondary N) is 3. The van der Waals surface area contributed by atoms with E-state index in [0.29, 0.717) is 11.4 Å². The third-order valence-corrected chi connectivity index (χ3v) is 7.29. The molecule has 148 valence electrons. The zero-order valence-corrected chi connectivity index (χ0v) is 16.7. The second-order valence-electron chi connectivity index (χ2n) is 7.81. The molecule has 1 unspecified atom stereocenters. The molecule has 4 rings (SSSR count). The van der Waals surface area contributed by atoms with Crippen molar-refractivity contribution in [1.29, 1.82) is 0 Å². The number of benzene rings is 2. The highest BCUT2D eigenvalue weighted by atomic mass is 32.2. The molecular formula is C21H25N3O3S. The number of aryl methyl sites for hydroxylation is 1. The molecule has 2 aromatic rings. The van der Waals surface area contributed by atoms with Crippen LogP contribution in [-0.2, 0) is 14.8 Å². The zero-order valence-electron chi connectivity index (χ0n) is 15.9. The Kier molecular flexibility index (Phi) is 4.89. The number of hydrogen-bond donors (Lipinski definition) is 3. The molecule has 1 heterocycles. The van der Waals surface area contributed by atoms with Gasteiger partial charge < -0.3 is 10.6 Å². The number of piperidine rings is 1. The molecule has 1 aliphatic carbocycles. The summed E-state index contributed by atoms with van der Waals surface area (Å²) < 4.78 is 27.8. The Hall–Kier alpha value is -2.38. The van der Waals surface area contributed by atoms with Crippen molar-refractivity contribution in [3.8, 4) is 0 Å². The summed E-state index contributed by atoms with van der Waals surface area (Å²) in [6, 6.07) is 13.5. The van der Waals surface area contributed by atoms with Crippen LogP contribution in [0.25, 0.3) is 0 Å². The summed E-state index contributed by atoms with van der Waals surface area (Å²) >= 11 is 0. The van der Waals surface area contributed by atoms with Gasteiger partial charge in [0.25, 0.3) is 10.0 Å². The summed E-state index contributed by atoms with van der Waals surface area (Å²) in [6.45, 7) is 3.78. The summed E-state index contributed by atoms with van der Waals surface area (Å²) in [5.41, 5.74) is 2.03. The van der Waals surface area contributed by atoms with E-state index in [0.717, 1.165) is 37.9 Å². The lowest BCUT2D eigenvalue weighted by atomic mass is 9.92. The van der Waals surface area contributed by atoms with Gasteiger partial charge in [-0.3, -0.25) is 9.52 Å². The molecular weight excluding hydrogens is 374 g/mol. The molecule has 1 saturated heterocycles. The van der Waals surface area contributed by atoms with Gasteiger partial charge in [-0.2, -0.15) is 0 Å². The molecule has 28 heavy (non-hydrogen) atoms. The van der Waals surface area contributed by atoms with E-state index >= 15 is 0 Å². The van der Waals surface area contributed by atoms with Crippen LogP contribution < -0.4 is 15.4 Å². The second-order valence-corrected chi connectivity index (χ2v) is 9.49. The fourth-order valence-corrected chi connectivity index (χ4v) is 5.18. The summed E-state index contributed by atoms with van der Waals surface area (Å²) in [5, 5.41) is 6.32. The van der Waals surface area contributed by atoms with Crippen LogP contribution in [0.1, 0.15) is 24.8 Å². The fourth-order valence-electron chi connectivity index (χ4n) is 4.04. The van der Waals surface area contributed by atoms with Crippen molar-refractivity contribution in [1.82, 2.24) is 5.32 Å². The van der Waals surface area contributed by atoms with Crippen LogP contribution in [0.15, 0.2) is 53.4 Å². The monoisotopic (exact) mass is 399 g/mol. The van der Waals surface area contributed by atoms with Crippen molar-refractivity contribution in [3.63, 3.8) is 0 Å². The van der Waals surface area contributed by atoms with Crippen molar-refractivity contribution < 1.29 is 13.2 Å². The molecule has 1 amide bonds. The lowest BCUT2D eigenvalue weighted by Crippen LogP contribution is -2.31. The average Bonchev–Trinajstić information content (AvgIpc) is 3.38. The molecule has 0 aromatic heterocycles. The standard InChI is InChI=1S/C21H25N3O3S/c1-15-7-8-16(23-20(25)18-14-21(18)9-11-22-12-10-21)13-19(15)24-28(26,27)17-5-3-2-4-6-17/h2-8,13,18,22,24H,9-12,14H2,1H3,(H,23,25). The Morgan fingerprint density at radius 2 is 1.82 bits per heavy atom. The van der Waals surface area contributed by atoms with Gasteiger partial charge in [-0.1, -0.05) is 24.3 Å². The van der Waals surface area contributed by atoms with Crippen LogP contribution in [0.3, 0.4) is 0 Å². The topological polar surface area (TPSA) is 87.3 Å². The van der Waals surface area contributed by atoms with Crippen LogP contribution in [0.2, 0.25) is 0 Å². The first-order valence-corrected chi connectivity index (χ1v) is 11.1. The molecule has 1 atom stereocenters. The van der Waals surface area contributed by atoms with Crippen molar-refractivity contribution in [2.45, 2.75) is 31.1 Å². The molecule has 0 radical (unpaired) electrons. The van der Waals surface area contributed by atoms with Gasteiger partial charge in [-0.25, -0.2) is 8.42 Å². The highest BCUT2D eigenvalue weighted by Gasteiger charge is 2.57. The number of amides is 1. The van der Waals surface area contributed by atoms with Crippen LogP contribution in [-0.4, -0.2) is 27.4 Å². The highest BCUT2D eigenvalue weighted by molar-refractivity contribution is 7.92. The Bertz CT molecular complexity index is 983. The third-order valence-electron chi connectivity index (χ3n) is 5.91. The van der Waals surface area contributed by atoms with Gasteiger partial charge in [0.15, 0.2) is 0 Å². The average molecular weight is 400 g/mol. The van der Waals surface area contributed by atoms with Crippen LogP contribution >= 0.6 is 0 Å². The smallest absolute Gasteiger partial charge is 0.261 e. The molecule has 1 aliphatic heterocycles. The highest BCUT2D eigenvalue weighted by Crippen LogP contribution is 2.58. The number of carbonyl (C=O) groups is 1. The van der Waals surface area contributed by atoms with Crippen molar-refractivity contribution in [3.05, 3.63) is 54.1 Å². The summed E-state index contributed by atoms with van der Waals surface area (Å²) in [5.74, 6) is 0.0861. The van der Waals surface area contributed by atoms with E-state index in [1.807, 2.05) is 19.1 Å². The zero-order chi connectivity index (χ0) is 19.8. The number of carbonyl (C=O) groups excluding carboxylic acids is 1. The predicted octanol–water partition coefficient (Wildman–Crippen LogP) is 3.12. The predicted molar refractivity (Wildman–Crippen MR) is 110 cm³/mol. The van der Waals surface area contributed by atoms with Crippen LogP contribution in [0.4, 0.5) is 11.4 Å². The number of rotatable bonds is 5. The van der Waals surface area contributed by atoms with Crippen molar-refractivity contribution in [2.75, 3.05) is 23.1 Å². The number of hydrogen-bond acceptors (Lipinski definition) is 4. The molecule has 1 saturated carbocycles. The quantitative estimate of drug-likeness (QED) is 0.721. The first-order chi connectivity index (χ1) is 13.4. The van der Waals surface area contributed by atoms with E-state index in [4.69, 9.17) is 0 Å². The Balaban J connectivity index is 1.48. The molecule has 6 nitrogen and oxygen atoms in total. The Morgan fingerprint density at radius 1 is 1.11 bits per heavy atom. The Morgan fingerprint density at radius 3 is 2.54 bits per heavy atom. The number of sulfonamides is 1. The van der Waals surface area contributed by atoms with Gasteiger partial charge in [0.2, 0.25) is 5.91 Å². The minimum absolute atomic E-state index is 0.0302. The normalized spacial score (nSPS) is 20.5. The van der Waals surface area contributed by atoms with E-state index < -0.39 is 10.0 Å². The van der Waals surface area contributed by atoms with E-state index in [2.05, 4.69) is 15.4 Å². The number of anilines is 2. The molecule has 0 bridgehead atoms. The van der Waals surface area contributed by atoms with E-state index in [1.54, 1.807) is 36.4 Å². The van der Waals surface area contributed by atoms with Gasteiger partial charge in [-0.15, -0.1) is 0 Å². The molecule has 3 N–H and O–H groups in total. The SMILES string of the molecule is Cc1ccc(NC(=O)C2CC23CCNCC3)cc1NS(=O)(=O)c1ccccc1. The molecule has 1 spiro atoms. The first kappa shape index (κ1) is 19.0. The molecule has 2 fully saturated rings. The Labute approximate surface area is 165 Å². The second kappa shape index (κ2) is 7.22. The van der Waals surface area contributed by atoms with E-state index in [1.165, 1.54) is 0 Å². The van der Waals surface area contributed by atoms with Gasteiger partial charge in [0.1, 0.15) is 0 Å². The lowest BCUT2D eigenvalue weighted by Gasteiger charge is -2.23. The summed E-state index contributed by atoms with van der Waals surface area (Å²) in [4.78, 5) is 12.9. The largest absolute Gasteiger partial charge is 0.326 e. The van der Waals surface area contributed by atoms with Crippen LogP contribution in [0, 0.1) is 18.3 Å². The minimum atomic E-state index is -3.68. The van der Waals surface area contributed by atoms with E-state index in [-0.39, 0.29) is 22.1 Å². The van der Waals surface area contributed by atoms with Gasteiger partial charge in [-0.05, 0) is 74.5 Å². The maximum absolute atomic E-state index is 12.7. The van der Waals surface area contributed by atoms with Gasteiger partial charge in [0, 0.05) is 11.6 Å². The van der Waals surface area contributed by atoms with E-state index in [9.17, 15) is 13.2 Å². The molecule has 2 aliphatic rings. The van der Waals surface area contributed by atoms with Crippen LogP contribution in [0.5, 0.6) is 0 Å². The molecule has 2 aromatic carbocycles. The third kappa shape index (κ3) is 3.77. The molecule has 7 heteroatoms. The fraction of sp³-hybridized carbons (Fsp3) is 0.381. The van der Waals surface area contributed by atoms with Crippen molar-refractivity contribution in [2.24, 2.45) is 11.3 Å². The maximum Gasteiger partial charge on any atom is 0.261 e. The minimum Gasteiger partial charge on any atom is -0.326 e. The lowest BCUT2D eigenvalue weighted by molar-refractivity contribution is -0.118. The van der Waals surface area contributed by atoms with Gasteiger partial charge in [0.05, 0.1) is 10.6 Å². The summed E-state index contributed by atoms with van der Waals surface area (Å²) in [6.07, 6.45) is 3.03. The summed E-state index contributed by atoms with van der Waals surface area (Å²) in [7, 11) is -3.68. The first-order valence-electron chi connectivity index (χ1n) is 9.60. The maximum atomic E-state index is 12.7.